The predicted molar refractivity (Wildman–Crippen MR) is 79.0 cm³/mol. The Morgan fingerprint density at radius 1 is 1.36 bits per heavy atom. The van der Waals surface area contributed by atoms with Gasteiger partial charge in [0.25, 0.3) is 11.8 Å². The Kier molecular flexibility index (Phi) is 4.40. The Hall–Kier alpha value is -2.95. The molecule has 8 nitrogen and oxygen atoms in total. The van der Waals surface area contributed by atoms with Gasteiger partial charge >= 0.3 is 6.18 Å². The fourth-order valence-electron chi connectivity index (χ4n) is 2.14. The number of hydroxylamine groups is 1. The van der Waals surface area contributed by atoms with E-state index in [1.54, 1.807) is 0 Å². The van der Waals surface area contributed by atoms with Gasteiger partial charge in [-0.05, 0) is 6.07 Å². The smallest absolute Gasteiger partial charge is 0.437 e. The van der Waals surface area contributed by atoms with Crippen LogP contribution in [0.3, 0.4) is 0 Å². The van der Waals surface area contributed by atoms with Crippen LogP contribution in [0.5, 0.6) is 5.88 Å². The van der Waals surface area contributed by atoms with Crippen molar-refractivity contribution in [3.63, 3.8) is 0 Å². The molecule has 1 atom stereocenters. The minimum Gasteiger partial charge on any atom is -0.480 e. The number of halogens is 3. The van der Waals surface area contributed by atoms with Gasteiger partial charge in [-0.25, -0.2) is 20.3 Å². The number of nitrogens with one attached hydrogen (secondary N) is 1. The number of rotatable bonds is 4. The van der Waals surface area contributed by atoms with Gasteiger partial charge in [0.15, 0.2) is 5.84 Å². The van der Waals surface area contributed by atoms with Gasteiger partial charge in [0.2, 0.25) is 5.88 Å². The zero-order valence-electron chi connectivity index (χ0n) is 12.8. The molecule has 0 aliphatic carbocycles. The van der Waals surface area contributed by atoms with Crippen LogP contribution < -0.4 is 15.8 Å². The zero-order valence-corrected chi connectivity index (χ0v) is 12.8. The quantitative estimate of drug-likeness (QED) is 0.875. The molecule has 0 spiro atoms. The van der Waals surface area contributed by atoms with Crippen molar-refractivity contribution in [2.75, 3.05) is 7.11 Å². The lowest BCUT2D eigenvalue weighted by Crippen LogP contribution is -2.29. The van der Waals surface area contributed by atoms with E-state index in [-0.39, 0.29) is 23.8 Å². The molecule has 3 rings (SSSR count). The maximum Gasteiger partial charge on any atom is 0.437 e. The minimum absolute atomic E-state index is 0.0949. The molecule has 0 saturated carbocycles. The van der Waals surface area contributed by atoms with Gasteiger partial charge in [0, 0.05) is 30.2 Å². The fraction of sp³-hybridized carbons (Fsp3) is 0.286. The first-order valence-electron chi connectivity index (χ1n) is 6.99. The fourth-order valence-corrected chi connectivity index (χ4v) is 2.14. The second-order valence-electron chi connectivity index (χ2n) is 4.99. The lowest BCUT2D eigenvalue weighted by Gasteiger charge is -2.09. The van der Waals surface area contributed by atoms with Gasteiger partial charge in [-0.3, -0.25) is 9.78 Å². The Morgan fingerprint density at radius 2 is 2.12 bits per heavy atom. The standard InChI is InChI=1S/C14H12F3N5O3/c1-24-12-9(18-3-4-19-12)7-22-5-2-8(6-10(22)23)11-20-13(25-21-11)14(15,16)17/h2-6,13H,7H2,1H3,(H,20,21). The van der Waals surface area contributed by atoms with Gasteiger partial charge in [-0.15, -0.1) is 0 Å². The summed E-state index contributed by atoms with van der Waals surface area (Å²) in [5, 5.41) is 0. The molecule has 1 N–H and O–H groups in total. The molecule has 0 fully saturated rings. The third-order valence-electron chi connectivity index (χ3n) is 3.31. The summed E-state index contributed by atoms with van der Waals surface area (Å²) < 4.78 is 44.0. The van der Waals surface area contributed by atoms with Crippen molar-refractivity contribution in [2.45, 2.75) is 18.9 Å². The number of hydrogen-bond acceptors (Lipinski definition) is 7. The molecule has 1 aliphatic heterocycles. The summed E-state index contributed by atoms with van der Waals surface area (Å²) in [6.45, 7) is 0.0949. The van der Waals surface area contributed by atoms with E-state index in [0.717, 1.165) is 6.07 Å². The van der Waals surface area contributed by atoms with Crippen LogP contribution in [0.15, 0.2) is 40.5 Å². The molecule has 2 aromatic heterocycles. The topological polar surface area (TPSA) is 90.6 Å². The molecule has 3 heterocycles. The van der Waals surface area contributed by atoms with Gasteiger partial charge in [-0.2, -0.15) is 13.2 Å². The summed E-state index contributed by atoms with van der Waals surface area (Å²) >= 11 is 0. The maximum absolute atomic E-state index is 12.5. The number of methoxy groups -OCH3 is 1. The van der Waals surface area contributed by atoms with Crippen LogP contribution in [0.2, 0.25) is 0 Å². The molecule has 1 aliphatic rings. The summed E-state index contributed by atoms with van der Waals surface area (Å²) in [4.78, 5) is 28.0. The molecule has 132 valence electrons. The van der Waals surface area contributed by atoms with Crippen LogP contribution in [0, 0.1) is 0 Å². The van der Waals surface area contributed by atoms with Gasteiger partial charge in [-0.1, -0.05) is 0 Å². The van der Waals surface area contributed by atoms with Crippen molar-refractivity contribution in [3.05, 3.63) is 52.3 Å². The largest absolute Gasteiger partial charge is 0.480 e. The first kappa shape index (κ1) is 16.9. The van der Waals surface area contributed by atoms with E-state index >= 15 is 0 Å². The predicted octanol–water partition coefficient (Wildman–Crippen LogP) is 0.865. The molecule has 0 aromatic carbocycles. The van der Waals surface area contributed by atoms with Crippen LogP contribution in [0.25, 0.3) is 0 Å². The van der Waals surface area contributed by atoms with Crippen molar-refractivity contribution in [1.29, 1.82) is 0 Å². The maximum atomic E-state index is 12.5. The average Bonchev–Trinajstić information content (AvgIpc) is 3.07. The molecule has 0 radical (unpaired) electrons. The summed E-state index contributed by atoms with van der Waals surface area (Å²) in [6.07, 6.45) is -2.60. The van der Waals surface area contributed by atoms with Crippen LogP contribution in [0.4, 0.5) is 13.2 Å². The molecule has 0 bridgehead atoms. The molecule has 25 heavy (non-hydrogen) atoms. The first-order chi connectivity index (χ1) is 11.9. The van der Waals surface area contributed by atoms with Crippen LogP contribution in [0.1, 0.15) is 11.3 Å². The van der Waals surface area contributed by atoms with Crippen LogP contribution >= 0.6 is 0 Å². The van der Waals surface area contributed by atoms with Gasteiger partial charge < -0.3 is 9.30 Å². The zero-order chi connectivity index (χ0) is 18.0. The van der Waals surface area contributed by atoms with E-state index in [1.807, 2.05) is 0 Å². The summed E-state index contributed by atoms with van der Waals surface area (Å²) in [6, 6.07) is 2.59. The number of ether oxygens (including phenoxy) is 1. The van der Waals surface area contributed by atoms with E-state index in [2.05, 4.69) is 25.3 Å². The first-order valence-corrected chi connectivity index (χ1v) is 6.99. The lowest BCUT2D eigenvalue weighted by atomic mass is 10.2. The van der Waals surface area contributed by atoms with Crippen molar-refractivity contribution in [2.24, 2.45) is 4.99 Å². The summed E-state index contributed by atoms with van der Waals surface area (Å²) in [7, 11) is 1.43. The van der Waals surface area contributed by atoms with E-state index in [0.29, 0.717) is 5.69 Å². The lowest BCUT2D eigenvalue weighted by molar-refractivity contribution is -0.220. The average molecular weight is 355 g/mol. The van der Waals surface area contributed by atoms with E-state index in [9.17, 15) is 18.0 Å². The van der Waals surface area contributed by atoms with Crippen molar-refractivity contribution >= 4 is 5.84 Å². The van der Waals surface area contributed by atoms with Crippen LogP contribution in [-0.2, 0) is 11.4 Å². The van der Waals surface area contributed by atoms with E-state index in [1.165, 1.54) is 36.3 Å². The highest BCUT2D eigenvalue weighted by molar-refractivity contribution is 5.98. The summed E-state index contributed by atoms with van der Waals surface area (Å²) in [5.74, 6) is 0.116. The Morgan fingerprint density at radius 3 is 2.76 bits per heavy atom. The van der Waals surface area contributed by atoms with Gasteiger partial charge in [0.1, 0.15) is 5.69 Å². The van der Waals surface area contributed by atoms with E-state index in [4.69, 9.17) is 4.74 Å². The van der Waals surface area contributed by atoms with E-state index < -0.39 is 18.0 Å². The number of pyridine rings is 1. The van der Waals surface area contributed by atoms with Crippen molar-refractivity contribution in [1.82, 2.24) is 20.0 Å². The highest BCUT2D eigenvalue weighted by Crippen LogP contribution is 2.26. The van der Waals surface area contributed by atoms with Crippen molar-refractivity contribution < 1.29 is 22.7 Å². The highest BCUT2D eigenvalue weighted by Gasteiger charge is 2.44. The Labute approximate surface area is 138 Å². The Balaban J connectivity index is 1.84. The number of amidine groups is 1. The highest BCUT2D eigenvalue weighted by atomic mass is 19.4. The number of alkyl halides is 3. The molecule has 0 amide bonds. The molecular weight excluding hydrogens is 343 g/mol. The SMILES string of the molecule is COc1nccnc1Cn1ccc(C2=NC(C(F)(F)F)ON2)cc1=O. The number of aliphatic imine (C=N–C) groups is 1. The third-order valence-corrected chi connectivity index (χ3v) is 3.31. The molecule has 2 aromatic rings. The van der Waals surface area contributed by atoms with Gasteiger partial charge in [0.05, 0.1) is 13.7 Å². The second-order valence-corrected chi connectivity index (χ2v) is 4.99. The minimum atomic E-state index is -4.63. The van der Waals surface area contributed by atoms with Crippen LogP contribution in [-0.4, -0.2) is 39.9 Å². The Bertz CT molecular complexity index is 865. The molecule has 11 heteroatoms. The number of hydrogen-bond donors (Lipinski definition) is 1. The second kappa shape index (κ2) is 6.51. The molecular formula is C14H12F3N5O3. The number of aromatic nitrogens is 3. The molecule has 0 saturated heterocycles. The monoisotopic (exact) mass is 355 g/mol. The normalized spacial score (nSPS) is 17.1. The summed E-state index contributed by atoms with van der Waals surface area (Å²) in [5.41, 5.74) is 2.25. The number of nitrogens with zero attached hydrogens (tertiary/aromatic N) is 4. The third kappa shape index (κ3) is 3.60. The van der Waals surface area contributed by atoms with Crippen molar-refractivity contribution in [3.8, 4) is 5.88 Å². The molecule has 1 unspecified atom stereocenters.